The van der Waals surface area contributed by atoms with Crippen LogP contribution in [0.1, 0.15) is 39.3 Å². The van der Waals surface area contributed by atoms with Crippen LogP contribution in [0.5, 0.6) is 0 Å². The van der Waals surface area contributed by atoms with E-state index in [4.69, 9.17) is 10.2 Å². The van der Waals surface area contributed by atoms with E-state index in [0.29, 0.717) is 25.1 Å². The lowest BCUT2D eigenvalue weighted by molar-refractivity contribution is -0.121. The standard InChI is InChI=1S/C17H19N3O4/c18-16(22)13-5-1-4-12(10-13)11-20-15(21)7-2-8-19-17(23)14-6-3-9-24-14/h1,3-6,9-10H,2,7-8,11H2,(H2,18,22)(H,19,23)(H,20,21). The Bertz CT molecular complexity index is 710. The molecule has 7 nitrogen and oxygen atoms in total. The zero-order valence-corrected chi connectivity index (χ0v) is 13.1. The Morgan fingerprint density at radius 2 is 1.92 bits per heavy atom. The van der Waals surface area contributed by atoms with E-state index in [2.05, 4.69) is 10.6 Å². The number of nitrogens with two attached hydrogens (primary N) is 1. The molecule has 0 radical (unpaired) electrons. The molecule has 24 heavy (non-hydrogen) atoms. The van der Waals surface area contributed by atoms with Crippen molar-refractivity contribution >= 4 is 17.7 Å². The topological polar surface area (TPSA) is 114 Å². The highest BCUT2D eigenvalue weighted by Gasteiger charge is 2.08. The summed E-state index contributed by atoms with van der Waals surface area (Å²) in [7, 11) is 0. The van der Waals surface area contributed by atoms with Crippen LogP contribution in [0.25, 0.3) is 0 Å². The predicted octanol–water partition coefficient (Wildman–Crippen LogP) is 1.20. The maximum absolute atomic E-state index is 11.8. The molecule has 2 rings (SSSR count). The van der Waals surface area contributed by atoms with Crippen LogP contribution < -0.4 is 16.4 Å². The summed E-state index contributed by atoms with van der Waals surface area (Å²) in [5.41, 5.74) is 6.41. The van der Waals surface area contributed by atoms with Gasteiger partial charge in [0.1, 0.15) is 0 Å². The molecule has 0 aliphatic heterocycles. The van der Waals surface area contributed by atoms with E-state index in [1.54, 1.807) is 36.4 Å². The van der Waals surface area contributed by atoms with E-state index in [9.17, 15) is 14.4 Å². The monoisotopic (exact) mass is 329 g/mol. The fourth-order valence-corrected chi connectivity index (χ4v) is 2.07. The maximum atomic E-state index is 11.8. The van der Waals surface area contributed by atoms with Crippen LogP contribution in [-0.2, 0) is 11.3 Å². The van der Waals surface area contributed by atoms with Gasteiger partial charge >= 0.3 is 0 Å². The molecule has 0 aliphatic rings. The van der Waals surface area contributed by atoms with Gasteiger partial charge in [0.25, 0.3) is 5.91 Å². The van der Waals surface area contributed by atoms with E-state index in [1.807, 2.05) is 0 Å². The van der Waals surface area contributed by atoms with E-state index >= 15 is 0 Å². The minimum absolute atomic E-state index is 0.133. The third-order valence-corrected chi connectivity index (χ3v) is 3.31. The zero-order valence-electron chi connectivity index (χ0n) is 13.1. The summed E-state index contributed by atoms with van der Waals surface area (Å²) < 4.78 is 4.96. The number of amides is 3. The van der Waals surface area contributed by atoms with Gasteiger partial charge in [0, 0.05) is 25.1 Å². The number of furan rings is 1. The second kappa shape index (κ2) is 8.52. The van der Waals surface area contributed by atoms with Gasteiger partial charge in [-0.05, 0) is 36.2 Å². The summed E-state index contributed by atoms with van der Waals surface area (Å²) >= 11 is 0. The number of hydrogen-bond donors (Lipinski definition) is 3. The predicted molar refractivity (Wildman–Crippen MR) is 87.1 cm³/mol. The Morgan fingerprint density at radius 3 is 2.62 bits per heavy atom. The summed E-state index contributed by atoms with van der Waals surface area (Å²) in [4.78, 5) is 34.5. The highest BCUT2D eigenvalue weighted by molar-refractivity contribution is 5.93. The molecule has 1 aromatic heterocycles. The van der Waals surface area contributed by atoms with Crippen LogP contribution >= 0.6 is 0 Å². The molecular weight excluding hydrogens is 310 g/mol. The number of benzene rings is 1. The second-order valence-electron chi connectivity index (χ2n) is 5.18. The maximum Gasteiger partial charge on any atom is 0.286 e. The van der Waals surface area contributed by atoms with E-state index in [1.165, 1.54) is 6.26 Å². The Kier molecular flexibility index (Phi) is 6.13. The minimum Gasteiger partial charge on any atom is -0.459 e. The van der Waals surface area contributed by atoms with Crippen LogP contribution in [0.4, 0.5) is 0 Å². The third kappa shape index (κ3) is 5.28. The molecule has 2 aromatic rings. The second-order valence-corrected chi connectivity index (χ2v) is 5.18. The van der Waals surface area contributed by atoms with E-state index in [0.717, 1.165) is 5.56 Å². The molecule has 0 saturated carbocycles. The smallest absolute Gasteiger partial charge is 0.286 e. The Labute approximate surface area is 139 Å². The summed E-state index contributed by atoms with van der Waals surface area (Å²) in [6.45, 7) is 0.697. The van der Waals surface area contributed by atoms with Gasteiger partial charge in [0.05, 0.1) is 6.26 Å². The number of hydrogen-bond acceptors (Lipinski definition) is 4. The van der Waals surface area contributed by atoms with Crippen molar-refractivity contribution in [3.05, 3.63) is 59.5 Å². The van der Waals surface area contributed by atoms with Crippen LogP contribution in [0.3, 0.4) is 0 Å². The zero-order chi connectivity index (χ0) is 17.4. The van der Waals surface area contributed by atoms with Gasteiger partial charge in [-0.1, -0.05) is 12.1 Å². The van der Waals surface area contributed by atoms with Crippen molar-refractivity contribution in [1.82, 2.24) is 10.6 Å². The molecular formula is C17H19N3O4. The molecule has 1 heterocycles. The molecule has 0 spiro atoms. The minimum atomic E-state index is -0.504. The van der Waals surface area contributed by atoms with Crippen LogP contribution in [-0.4, -0.2) is 24.3 Å². The quantitative estimate of drug-likeness (QED) is 0.631. The van der Waals surface area contributed by atoms with Gasteiger partial charge in [-0.15, -0.1) is 0 Å². The Hall–Kier alpha value is -3.09. The first kappa shape index (κ1) is 17.3. The van der Waals surface area contributed by atoms with Gasteiger partial charge in [-0.25, -0.2) is 0 Å². The van der Waals surface area contributed by atoms with Crippen molar-refractivity contribution in [1.29, 1.82) is 0 Å². The van der Waals surface area contributed by atoms with Crippen molar-refractivity contribution in [3.63, 3.8) is 0 Å². The molecule has 7 heteroatoms. The summed E-state index contributed by atoms with van der Waals surface area (Å²) in [5.74, 6) is -0.695. The highest BCUT2D eigenvalue weighted by Crippen LogP contribution is 2.04. The normalized spacial score (nSPS) is 10.2. The van der Waals surface area contributed by atoms with Gasteiger partial charge in [0.2, 0.25) is 11.8 Å². The van der Waals surface area contributed by atoms with Crippen molar-refractivity contribution in [2.24, 2.45) is 5.73 Å². The largest absolute Gasteiger partial charge is 0.459 e. The van der Waals surface area contributed by atoms with Gasteiger partial charge in [-0.3, -0.25) is 14.4 Å². The molecule has 1 aromatic carbocycles. The average Bonchev–Trinajstić information content (AvgIpc) is 3.11. The van der Waals surface area contributed by atoms with Crippen molar-refractivity contribution < 1.29 is 18.8 Å². The molecule has 126 valence electrons. The lowest BCUT2D eigenvalue weighted by atomic mass is 10.1. The van der Waals surface area contributed by atoms with Gasteiger partial charge in [0.15, 0.2) is 5.76 Å². The number of primary amides is 1. The van der Waals surface area contributed by atoms with Crippen LogP contribution in [0.2, 0.25) is 0 Å². The van der Waals surface area contributed by atoms with E-state index < -0.39 is 5.91 Å². The lowest BCUT2D eigenvalue weighted by Crippen LogP contribution is -2.27. The lowest BCUT2D eigenvalue weighted by Gasteiger charge is -2.07. The first-order valence-corrected chi connectivity index (χ1v) is 7.53. The summed E-state index contributed by atoms with van der Waals surface area (Å²) in [6.07, 6.45) is 2.23. The molecule has 4 N–H and O–H groups in total. The molecule has 0 atom stereocenters. The van der Waals surface area contributed by atoms with Gasteiger partial charge in [-0.2, -0.15) is 0 Å². The first-order chi connectivity index (χ1) is 11.6. The molecule has 0 unspecified atom stereocenters. The van der Waals surface area contributed by atoms with Crippen molar-refractivity contribution in [2.75, 3.05) is 6.54 Å². The highest BCUT2D eigenvalue weighted by atomic mass is 16.3. The fourth-order valence-electron chi connectivity index (χ4n) is 2.07. The van der Waals surface area contributed by atoms with Crippen LogP contribution in [0.15, 0.2) is 47.1 Å². The molecule has 3 amide bonds. The number of nitrogens with one attached hydrogen (secondary N) is 2. The van der Waals surface area contributed by atoms with E-state index in [-0.39, 0.29) is 24.0 Å². The summed E-state index contributed by atoms with van der Waals surface area (Å²) in [5, 5.41) is 5.43. The number of carbonyl (C=O) groups excluding carboxylic acids is 3. The molecule has 0 aliphatic carbocycles. The summed E-state index contributed by atoms with van der Waals surface area (Å²) in [6, 6.07) is 9.99. The average molecular weight is 329 g/mol. The van der Waals surface area contributed by atoms with Crippen LogP contribution in [0, 0.1) is 0 Å². The molecule has 0 saturated heterocycles. The Morgan fingerprint density at radius 1 is 1.08 bits per heavy atom. The van der Waals surface area contributed by atoms with Gasteiger partial charge < -0.3 is 20.8 Å². The number of rotatable bonds is 8. The van der Waals surface area contributed by atoms with Crippen molar-refractivity contribution in [2.45, 2.75) is 19.4 Å². The number of carbonyl (C=O) groups is 3. The fraction of sp³-hybridized carbons (Fsp3) is 0.235. The third-order valence-electron chi connectivity index (χ3n) is 3.31. The SMILES string of the molecule is NC(=O)c1cccc(CNC(=O)CCCNC(=O)c2ccco2)c1. The molecule has 0 fully saturated rings. The van der Waals surface area contributed by atoms with Crippen molar-refractivity contribution in [3.8, 4) is 0 Å². The molecule has 0 bridgehead atoms. The first-order valence-electron chi connectivity index (χ1n) is 7.53. The Balaban J connectivity index is 1.66.